The molecule has 0 aliphatic carbocycles. The fraction of sp³-hybridized carbons (Fsp3) is 0.333. The maximum atomic E-state index is 11.3. The minimum atomic E-state index is -1.02. The van der Waals surface area contributed by atoms with Gasteiger partial charge in [0.05, 0.1) is 21.3 Å². The van der Waals surface area contributed by atoms with Crippen molar-refractivity contribution in [3.63, 3.8) is 0 Å². The van der Waals surface area contributed by atoms with E-state index in [1.54, 1.807) is 17.8 Å². The topological polar surface area (TPSA) is 58.0 Å². The third-order valence-corrected chi connectivity index (χ3v) is 7.00. The van der Waals surface area contributed by atoms with Crippen molar-refractivity contribution >= 4 is 51.8 Å². The minimum absolute atomic E-state index is 0. The zero-order valence-electron chi connectivity index (χ0n) is 16.5. The molecule has 1 atom stereocenters. The van der Waals surface area contributed by atoms with Gasteiger partial charge in [-0.25, -0.2) is 0 Å². The molecule has 2 aromatic heterocycles. The predicted molar refractivity (Wildman–Crippen MR) is 111 cm³/mol. The Morgan fingerprint density at radius 2 is 2.07 bits per heavy atom. The zero-order chi connectivity index (χ0) is 20.0. The summed E-state index contributed by atoms with van der Waals surface area (Å²) in [5.74, 6) is -0.835. The number of benzene rings is 1. The molecule has 0 radical (unpaired) electrons. The molecule has 3 aromatic rings. The largest absolute Gasteiger partial charge is 1.00 e. The Labute approximate surface area is 206 Å². The van der Waals surface area contributed by atoms with Gasteiger partial charge < -0.3 is 14.5 Å². The molecule has 0 saturated carbocycles. The summed E-state index contributed by atoms with van der Waals surface area (Å²) in [4.78, 5) is 18.0. The van der Waals surface area contributed by atoms with E-state index in [0.717, 1.165) is 45.0 Å². The molecule has 0 fully saturated rings. The summed E-state index contributed by atoms with van der Waals surface area (Å²) < 4.78 is 2.25. The van der Waals surface area contributed by atoms with Crippen molar-refractivity contribution in [1.29, 1.82) is 0 Å². The average molecular weight is 457 g/mol. The third kappa shape index (κ3) is 4.36. The van der Waals surface area contributed by atoms with E-state index in [1.807, 2.05) is 24.4 Å². The Hall–Kier alpha value is -0.690. The SMILES string of the molecule is CC(C)c1nccc2c1c(Sc1ccc(Cl)c(Cl)c1)c1n2CC[C@@H]1CC(=O)[O-].[Na+]. The van der Waals surface area contributed by atoms with Gasteiger partial charge in [0.1, 0.15) is 0 Å². The number of hydrogen-bond donors (Lipinski definition) is 0. The number of carbonyl (C=O) groups excluding carboxylic acids is 1. The van der Waals surface area contributed by atoms with E-state index in [2.05, 4.69) is 23.4 Å². The van der Waals surface area contributed by atoms with Gasteiger partial charge in [-0.15, -0.1) is 0 Å². The average Bonchev–Trinajstić information content (AvgIpc) is 3.17. The minimum Gasteiger partial charge on any atom is -0.550 e. The van der Waals surface area contributed by atoms with Gasteiger partial charge in [0.2, 0.25) is 0 Å². The Morgan fingerprint density at radius 3 is 2.72 bits per heavy atom. The fourth-order valence-corrected chi connectivity index (χ4v) is 5.58. The number of rotatable bonds is 5. The summed E-state index contributed by atoms with van der Waals surface area (Å²) in [6.07, 6.45) is 2.66. The van der Waals surface area contributed by atoms with Crippen molar-refractivity contribution in [1.82, 2.24) is 9.55 Å². The molecule has 4 rings (SSSR count). The quantitative estimate of drug-likeness (QED) is 0.552. The molecule has 1 aliphatic heterocycles. The molecule has 29 heavy (non-hydrogen) atoms. The summed E-state index contributed by atoms with van der Waals surface area (Å²) in [7, 11) is 0. The molecule has 3 heterocycles. The van der Waals surface area contributed by atoms with Gasteiger partial charge >= 0.3 is 29.6 Å². The molecule has 1 aliphatic rings. The molecule has 4 nitrogen and oxygen atoms in total. The molecule has 0 unspecified atom stereocenters. The first kappa shape index (κ1) is 23.0. The van der Waals surface area contributed by atoms with Crippen LogP contribution in [0.5, 0.6) is 0 Å². The van der Waals surface area contributed by atoms with Gasteiger partial charge in [-0.1, -0.05) is 48.8 Å². The second-order valence-electron chi connectivity index (χ2n) is 7.35. The first-order valence-corrected chi connectivity index (χ1v) is 10.8. The summed E-state index contributed by atoms with van der Waals surface area (Å²) in [6.45, 7) is 5.04. The number of aliphatic carboxylic acids is 1. The van der Waals surface area contributed by atoms with Gasteiger partial charge in [-0.05, 0) is 43.0 Å². The molecule has 0 amide bonds. The van der Waals surface area contributed by atoms with Crippen molar-refractivity contribution in [3.05, 3.63) is 51.9 Å². The number of aryl methyl sites for hydroxylation is 1. The molecule has 0 saturated heterocycles. The summed E-state index contributed by atoms with van der Waals surface area (Å²) in [5, 5.41) is 13.5. The third-order valence-electron chi connectivity index (χ3n) is 5.16. The number of halogens is 2. The van der Waals surface area contributed by atoms with E-state index in [4.69, 9.17) is 23.2 Å². The molecule has 0 bridgehead atoms. The summed E-state index contributed by atoms with van der Waals surface area (Å²) in [6, 6.07) is 7.58. The van der Waals surface area contributed by atoms with Crippen molar-refractivity contribution < 1.29 is 39.5 Å². The van der Waals surface area contributed by atoms with Gasteiger partial charge in [0, 0.05) is 45.5 Å². The Kier molecular flexibility index (Phi) is 7.30. The van der Waals surface area contributed by atoms with E-state index in [9.17, 15) is 9.90 Å². The maximum Gasteiger partial charge on any atom is 1.00 e. The van der Waals surface area contributed by atoms with Crippen LogP contribution in [-0.4, -0.2) is 15.5 Å². The number of nitrogens with zero attached hydrogens (tertiary/aromatic N) is 2. The van der Waals surface area contributed by atoms with Crippen LogP contribution < -0.4 is 34.7 Å². The Bertz CT molecular complexity index is 1080. The smallest absolute Gasteiger partial charge is 0.550 e. The monoisotopic (exact) mass is 456 g/mol. The molecular weight excluding hydrogens is 438 g/mol. The predicted octanol–water partition coefficient (Wildman–Crippen LogP) is 2.25. The molecular formula is C21H19Cl2N2NaO2S. The first-order chi connectivity index (χ1) is 13.4. The van der Waals surface area contributed by atoms with Gasteiger partial charge in [0.25, 0.3) is 0 Å². The van der Waals surface area contributed by atoms with Crippen LogP contribution in [0.15, 0.2) is 40.3 Å². The standard InChI is InChI=1S/C21H20Cl2N2O2S.Na/c1-11(2)19-18-16(5-7-24-19)25-8-6-12(9-17(26)27)20(25)21(18)28-13-3-4-14(22)15(23)10-13;/h3-5,7,10-12H,6,8-9H2,1-2H3,(H,26,27);/q;+1/p-1/t12-;/m1./s1. The number of fused-ring (bicyclic) bond motifs is 3. The maximum absolute atomic E-state index is 11.3. The Balaban J connectivity index is 0.00000240. The molecule has 0 N–H and O–H groups in total. The zero-order valence-corrected chi connectivity index (χ0v) is 20.9. The van der Waals surface area contributed by atoms with Crippen molar-refractivity contribution in [2.75, 3.05) is 0 Å². The Morgan fingerprint density at radius 1 is 1.31 bits per heavy atom. The van der Waals surface area contributed by atoms with Gasteiger partial charge in [-0.2, -0.15) is 0 Å². The number of carboxylic acids is 1. The number of aromatic nitrogens is 2. The molecule has 0 spiro atoms. The number of carboxylic acid groups (broad SMARTS) is 1. The van der Waals surface area contributed by atoms with Gasteiger partial charge in [-0.3, -0.25) is 4.98 Å². The summed E-state index contributed by atoms with van der Waals surface area (Å²) in [5.41, 5.74) is 3.19. The number of carbonyl (C=O) groups is 1. The van der Waals surface area contributed by atoms with Crippen LogP contribution in [0, 0.1) is 0 Å². The van der Waals surface area contributed by atoms with E-state index in [-0.39, 0.29) is 47.8 Å². The fourth-order valence-electron chi connectivity index (χ4n) is 3.97. The van der Waals surface area contributed by atoms with E-state index < -0.39 is 5.97 Å². The normalized spacial score (nSPS) is 15.6. The first-order valence-electron chi connectivity index (χ1n) is 9.20. The van der Waals surface area contributed by atoms with Crippen LogP contribution in [-0.2, 0) is 11.3 Å². The van der Waals surface area contributed by atoms with Crippen LogP contribution in [0.1, 0.15) is 49.9 Å². The van der Waals surface area contributed by atoms with E-state index >= 15 is 0 Å². The second-order valence-corrected chi connectivity index (χ2v) is 9.25. The molecule has 8 heteroatoms. The number of hydrogen-bond acceptors (Lipinski definition) is 4. The van der Waals surface area contributed by atoms with Crippen LogP contribution in [0.25, 0.3) is 10.9 Å². The van der Waals surface area contributed by atoms with Crippen LogP contribution in [0.4, 0.5) is 0 Å². The van der Waals surface area contributed by atoms with Gasteiger partial charge in [0.15, 0.2) is 0 Å². The van der Waals surface area contributed by atoms with Crippen LogP contribution in [0.3, 0.4) is 0 Å². The van der Waals surface area contributed by atoms with Crippen molar-refractivity contribution in [3.8, 4) is 0 Å². The number of pyridine rings is 1. The molecule has 146 valence electrons. The summed E-state index contributed by atoms with van der Waals surface area (Å²) >= 11 is 13.9. The molecule has 1 aromatic carbocycles. The van der Waals surface area contributed by atoms with E-state index in [0.29, 0.717) is 10.0 Å². The van der Waals surface area contributed by atoms with Crippen molar-refractivity contribution in [2.24, 2.45) is 0 Å². The second kappa shape index (κ2) is 9.21. The van der Waals surface area contributed by atoms with Crippen LogP contribution in [0.2, 0.25) is 10.0 Å². The van der Waals surface area contributed by atoms with Crippen LogP contribution >= 0.6 is 35.0 Å². The van der Waals surface area contributed by atoms with E-state index in [1.165, 1.54) is 0 Å². The van der Waals surface area contributed by atoms with Crippen molar-refractivity contribution in [2.45, 2.75) is 54.9 Å².